The lowest BCUT2D eigenvalue weighted by Crippen LogP contribution is -2.46. The normalized spacial score (nSPS) is 14.2. The van der Waals surface area contributed by atoms with Gasteiger partial charge in [-0.1, -0.05) is 41.9 Å². The first-order chi connectivity index (χ1) is 13.7. The van der Waals surface area contributed by atoms with E-state index in [0.29, 0.717) is 12.5 Å². The van der Waals surface area contributed by atoms with E-state index in [0.717, 1.165) is 42.6 Å². The molecule has 0 aliphatic carbocycles. The van der Waals surface area contributed by atoms with E-state index in [-0.39, 0.29) is 0 Å². The third-order valence-corrected chi connectivity index (χ3v) is 5.37. The lowest BCUT2D eigenvalue weighted by Gasteiger charge is -2.36. The fourth-order valence-corrected chi connectivity index (χ4v) is 3.65. The highest BCUT2D eigenvalue weighted by atomic mass is 35.5. The number of hydrogen-bond donors (Lipinski definition) is 1. The molecule has 2 heterocycles. The van der Waals surface area contributed by atoms with Gasteiger partial charge in [0, 0.05) is 49.6 Å². The Morgan fingerprint density at radius 1 is 0.964 bits per heavy atom. The highest BCUT2D eigenvalue weighted by Gasteiger charge is 2.18. The maximum absolute atomic E-state index is 6.22. The Labute approximate surface area is 171 Å². The van der Waals surface area contributed by atoms with Gasteiger partial charge in [-0.3, -0.25) is 0 Å². The topological polar surface area (TPSA) is 44.3 Å². The van der Waals surface area contributed by atoms with Crippen molar-refractivity contribution in [3.63, 3.8) is 0 Å². The number of halogens is 1. The van der Waals surface area contributed by atoms with E-state index in [9.17, 15) is 0 Å². The second-order valence-electron chi connectivity index (χ2n) is 7.00. The van der Waals surface area contributed by atoms with Crippen LogP contribution in [0.15, 0.2) is 60.8 Å². The van der Waals surface area contributed by atoms with Crippen molar-refractivity contribution in [3.05, 3.63) is 76.9 Å². The van der Waals surface area contributed by atoms with Gasteiger partial charge in [-0.15, -0.1) is 0 Å². The molecule has 28 heavy (non-hydrogen) atoms. The molecule has 3 aromatic rings. The number of aromatic nitrogens is 2. The number of nitrogens with zero attached hydrogens (tertiary/aromatic N) is 4. The Hall–Kier alpha value is -2.79. The average molecular weight is 394 g/mol. The summed E-state index contributed by atoms with van der Waals surface area (Å²) in [6.45, 7) is 6.58. The molecule has 2 aromatic carbocycles. The fourth-order valence-electron chi connectivity index (χ4n) is 3.44. The van der Waals surface area contributed by atoms with Crippen LogP contribution >= 0.6 is 11.6 Å². The number of anilines is 3. The van der Waals surface area contributed by atoms with Crippen LogP contribution in [-0.4, -0.2) is 36.1 Å². The van der Waals surface area contributed by atoms with Gasteiger partial charge in [0.15, 0.2) is 0 Å². The largest absolute Gasteiger partial charge is 0.368 e. The molecule has 1 saturated heterocycles. The molecule has 0 atom stereocenters. The van der Waals surface area contributed by atoms with Gasteiger partial charge >= 0.3 is 0 Å². The Bertz CT molecular complexity index is 937. The van der Waals surface area contributed by atoms with Crippen molar-refractivity contribution in [2.75, 3.05) is 41.3 Å². The van der Waals surface area contributed by atoms with Crippen molar-refractivity contribution in [1.82, 2.24) is 9.97 Å². The lowest BCUT2D eigenvalue weighted by molar-refractivity contribution is 0.647. The summed E-state index contributed by atoms with van der Waals surface area (Å²) in [6.07, 6.45) is 1.81. The second kappa shape index (κ2) is 8.48. The number of hydrogen-bond acceptors (Lipinski definition) is 5. The predicted octanol–water partition coefficient (Wildman–Crippen LogP) is 4.38. The highest BCUT2D eigenvalue weighted by Crippen LogP contribution is 2.21. The first-order valence-corrected chi connectivity index (χ1v) is 9.94. The monoisotopic (exact) mass is 393 g/mol. The summed E-state index contributed by atoms with van der Waals surface area (Å²) in [4.78, 5) is 13.8. The van der Waals surface area contributed by atoms with Crippen LogP contribution in [0.1, 0.15) is 11.1 Å². The molecule has 1 N–H and O–H groups in total. The van der Waals surface area contributed by atoms with Crippen LogP contribution in [0.5, 0.6) is 0 Å². The average Bonchev–Trinajstić information content (AvgIpc) is 2.73. The Morgan fingerprint density at radius 2 is 1.75 bits per heavy atom. The van der Waals surface area contributed by atoms with Gasteiger partial charge in [0.25, 0.3) is 0 Å². The predicted molar refractivity (Wildman–Crippen MR) is 116 cm³/mol. The molecule has 1 aliphatic rings. The second-order valence-corrected chi connectivity index (χ2v) is 7.40. The summed E-state index contributed by atoms with van der Waals surface area (Å²) < 4.78 is 0. The van der Waals surface area contributed by atoms with Gasteiger partial charge in [-0.05, 0) is 42.3 Å². The van der Waals surface area contributed by atoms with Crippen LogP contribution in [0, 0.1) is 6.92 Å². The molecule has 144 valence electrons. The maximum atomic E-state index is 6.22. The minimum absolute atomic E-state index is 0.601. The molecule has 0 radical (unpaired) electrons. The van der Waals surface area contributed by atoms with Crippen LogP contribution in [0.4, 0.5) is 17.5 Å². The minimum Gasteiger partial charge on any atom is -0.368 e. The molecule has 1 fully saturated rings. The Morgan fingerprint density at radius 3 is 2.54 bits per heavy atom. The third kappa shape index (κ3) is 4.37. The van der Waals surface area contributed by atoms with Crippen LogP contribution < -0.4 is 15.1 Å². The van der Waals surface area contributed by atoms with Gasteiger partial charge in [0.2, 0.25) is 5.95 Å². The standard InChI is InChI=1S/C22H24ClN5/c1-17-5-4-7-19(15-17)27-11-13-28(14-12-27)21-9-10-24-22(26-21)25-16-18-6-2-3-8-20(18)23/h2-10,15H,11-14,16H2,1H3,(H,24,25,26). The molecular formula is C22H24ClN5. The van der Waals surface area contributed by atoms with Crippen LogP contribution in [0.2, 0.25) is 5.02 Å². The van der Waals surface area contributed by atoms with E-state index in [1.165, 1.54) is 11.3 Å². The van der Waals surface area contributed by atoms with Crippen molar-refractivity contribution in [1.29, 1.82) is 0 Å². The van der Waals surface area contributed by atoms with Gasteiger partial charge in [-0.25, -0.2) is 4.98 Å². The van der Waals surface area contributed by atoms with Gasteiger partial charge < -0.3 is 15.1 Å². The number of benzene rings is 2. The van der Waals surface area contributed by atoms with Crippen LogP contribution in [0.25, 0.3) is 0 Å². The first kappa shape index (κ1) is 18.6. The zero-order valence-corrected chi connectivity index (χ0v) is 16.7. The van der Waals surface area contributed by atoms with E-state index in [1.54, 1.807) is 0 Å². The molecule has 0 amide bonds. The van der Waals surface area contributed by atoms with Crippen LogP contribution in [-0.2, 0) is 6.54 Å². The minimum atomic E-state index is 0.601. The zero-order chi connectivity index (χ0) is 19.3. The zero-order valence-electron chi connectivity index (χ0n) is 16.0. The fraction of sp³-hybridized carbons (Fsp3) is 0.273. The molecule has 0 saturated carbocycles. The Kier molecular flexibility index (Phi) is 5.63. The van der Waals surface area contributed by atoms with Crippen molar-refractivity contribution in [3.8, 4) is 0 Å². The van der Waals surface area contributed by atoms with E-state index < -0.39 is 0 Å². The molecule has 1 aromatic heterocycles. The van der Waals surface area contributed by atoms with E-state index in [1.807, 2.05) is 36.5 Å². The summed E-state index contributed by atoms with van der Waals surface area (Å²) in [5.74, 6) is 1.58. The lowest BCUT2D eigenvalue weighted by atomic mass is 10.2. The van der Waals surface area contributed by atoms with Crippen molar-refractivity contribution in [2.45, 2.75) is 13.5 Å². The van der Waals surface area contributed by atoms with Crippen molar-refractivity contribution < 1.29 is 0 Å². The number of aryl methyl sites for hydroxylation is 1. The van der Waals surface area contributed by atoms with Gasteiger partial charge in [0.1, 0.15) is 5.82 Å². The van der Waals surface area contributed by atoms with Crippen molar-refractivity contribution >= 4 is 29.1 Å². The van der Waals surface area contributed by atoms with Crippen LogP contribution in [0.3, 0.4) is 0 Å². The molecule has 0 unspecified atom stereocenters. The molecule has 0 spiro atoms. The van der Waals surface area contributed by atoms with E-state index in [4.69, 9.17) is 16.6 Å². The van der Waals surface area contributed by atoms with Crippen molar-refractivity contribution in [2.24, 2.45) is 0 Å². The summed E-state index contributed by atoms with van der Waals surface area (Å²) >= 11 is 6.22. The first-order valence-electron chi connectivity index (χ1n) is 9.56. The molecule has 4 rings (SSSR count). The summed E-state index contributed by atoms with van der Waals surface area (Å²) in [6, 6.07) is 18.5. The molecular weight excluding hydrogens is 370 g/mol. The molecule has 1 aliphatic heterocycles. The van der Waals surface area contributed by atoms with Gasteiger partial charge in [-0.2, -0.15) is 4.98 Å². The molecule has 0 bridgehead atoms. The Balaban J connectivity index is 1.38. The highest BCUT2D eigenvalue weighted by molar-refractivity contribution is 6.31. The smallest absolute Gasteiger partial charge is 0.224 e. The van der Waals surface area contributed by atoms with Gasteiger partial charge in [0.05, 0.1) is 0 Å². The molecule has 6 heteroatoms. The SMILES string of the molecule is Cc1cccc(N2CCN(c3ccnc(NCc4ccccc4Cl)n3)CC2)c1. The third-order valence-electron chi connectivity index (χ3n) is 5.01. The molecule has 5 nitrogen and oxygen atoms in total. The maximum Gasteiger partial charge on any atom is 0.224 e. The van der Waals surface area contributed by atoms with E-state index in [2.05, 4.69) is 51.3 Å². The number of piperazine rings is 1. The number of nitrogens with one attached hydrogen (secondary N) is 1. The summed E-state index contributed by atoms with van der Waals surface area (Å²) in [7, 11) is 0. The summed E-state index contributed by atoms with van der Waals surface area (Å²) in [5.41, 5.74) is 3.62. The quantitative estimate of drug-likeness (QED) is 0.697. The number of rotatable bonds is 5. The summed E-state index contributed by atoms with van der Waals surface area (Å²) in [5, 5.41) is 4.03. The van der Waals surface area contributed by atoms with E-state index >= 15 is 0 Å².